The van der Waals surface area contributed by atoms with Crippen molar-refractivity contribution in [2.45, 2.75) is 20.8 Å². The smallest absolute Gasteiger partial charge is 0.0298 e. The fourth-order valence-corrected chi connectivity index (χ4v) is 0.289. The highest BCUT2D eigenvalue weighted by Crippen LogP contribution is 2.07. The molecule has 0 heterocycles. The van der Waals surface area contributed by atoms with Crippen LogP contribution in [0.1, 0.15) is 20.8 Å². The van der Waals surface area contributed by atoms with Crippen molar-refractivity contribution in [2.75, 3.05) is 14.1 Å². The summed E-state index contributed by atoms with van der Waals surface area (Å²) in [5.41, 5.74) is 0.199. The Bertz CT molecular complexity index is 98.0. The predicted molar refractivity (Wildman–Crippen MR) is 41.6 cm³/mol. The Morgan fingerprint density at radius 2 is 1.67 bits per heavy atom. The lowest BCUT2D eigenvalue weighted by molar-refractivity contribution is 0.430. The fourth-order valence-electron chi connectivity index (χ4n) is 0.289. The van der Waals surface area contributed by atoms with Crippen molar-refractivity contribution in [3.63, 3.8) is 0 Å². The largest absolute Gasteiger partial charge is 0.303 e. The highest BCUT2D eigenvalue weighted by atomic mass is 15.4. The first kappa shape index (κ1) is 8.47. The molecule has 2 heteroatoms. The van der Waals surface area contributed by atoms with Crippen LogP contribution in [0.25, 0.3) is 0 Å². The fraction of sp³-hybridized carbons (Fsp3) is 0.857. The number of rotatable bonds is 1. The maximum atomic E-state index is 4.10. The summed E-state index contributed by atoms with van der Waals surface area (Å²) < 4.78 is 0. The van der Waals surface area contributed by atoms with E-state index < -0.39 is 0 Å². The lowest BCUT2D eigenvalue weighted by Gasteiger charge is -2.12. The zero-order valence-corrected chi connectivity index (χ0v) is 6.97. The molecule has 0 bridgehead atoms. The van der Waals surface area contributed by atoms with Gasteiger partial charge in [-0.2, -0.15) is 5.10 Å². The third-order valence-corrected chi connectivity index (χ3v) is 0.676. The summed E-state index contributed by atoms with van der Waals surface area (Å²) >= 11 is 0. The van der Waals surface area contributed by atoms with Crippen LogP contribution in [-0.2, 0) is 0 Å². The molecule has 0 aliphatic rings. The first-order chi connectivity index (χ1) is 3.92. The maximum absolute atomic E-state index is 4.10. The van der Waals surface area contributed by atoms with Gasteiger partial charge in [0.15, 0.2) is 0 Å². The van der Waals surface area contributed by atoms with Crippen LogP contribution < -0.4 is 0 Å². The minimum absolute atomic E-state index is 0.199. The molecule has 0 unspecified atom stereocenters. The zero-order valence-electron chi connectivity index (χ0n) is 6.97. The zero-order chi connectivity index (χ0) is 7.49. The van der Waals surface area contributed by atoms with E-state index >= 15 is 0 Å². The summed E-state index contributed by atoms with van der Waals surface area (Å²) in [6.07, 6.45) is 1.94. The summed E-state index contributed by atoms with van der Waals surface area (Å²) in [6, 6.07) is 0. The van der Waals surface area contributed by atoms with Crippen molar-refractivity contribution < 1.29 is 0 Å². The van der Waals surface area contributed by atoms with E-state index in [0.29, 0.717) is 0 Å². The Morgan fingerprint density at radius 1 is 1.22 bits per heavy atom. The average Bonchev–Trinajstić information content (AvgIpc) is 1.59. The maximum Gasteiger partial charge on any atom is 0.0298 e. The molecule has 0 spiro atoms. The molecular weight excluding hydrogens is 112 g/mol. The van der Waals surface area contributed by atoms with Crippen LogP contribution in [0, 0.1) is 5.41 Å². The molecule has 0 aromatic carbocycles. The Balaban J connectivity index is 3.71. The standard InChI is InChI=1S/C7H16N2/c1-7(2,3)6-8-9(4)5/h6H,1-5H3/b8-6-. The van der Waals surface area contributed by atoms with E-state index in [0.717, 1.165) is 0 Å². The second-order valence-electron chi connectivity index (χ2n) is 3.46. The van der Waals surface area contributed by atoms with E-state index in [1.165, 1.54) is 0 Å². The van der Waals surface area contributed by atoms with Crippen molar-refractivity contribution >= 4 is 6.21 Å². The van der Waals surface area contributed by atoms with Crippen LogP contribution in [0.3, 0.4) is 0 Å². The molecule has 0 N–H and O–H groups in total. The van der Waals surface area contributed by atoms with Crippen molar-refractivity contribution in [3.05, 3.63) is 0 Å². The van der Waals surface area contributed by atoms with Gasteiger partial charge in [-0.15, -0.1) is 0 Å². The molecule has 0 aliphatic carbocycles. The van der Waals surface area contributed by atoms with Gasteiger partial charge in [-0.3, -0.25) is 0 Å². The lowest BCUT2D eigenvalue weighted by atomic mass is 9.99. The van der Waals surface area contributed by atoms with E-state index in [2.05, 4.69) is 25.9 Å². The SMILES string of the molecule is CN(C)/N=C\C(C)(C)C. The molecule has 0 saturated heterocycles. The molecule has 0 aliphatic heterocycles. The van der Waals surface area contributed by atoms with Crippen LogP contribution in [0.2, 0.25) is 0 Å². The topological polar surface area (TPSA) is 15.6 Å². The van der Waals surface area contributed by atoms with Gasteiger partial charge in [0.05, 0.1) is 0 Å². The molecule has 0 aromatic heterocycles. The molecule has 0 aromatic rings. The molecule has 0 amide bonds. The number of hydrogen-bond acceptors (Lipinski definition) is 2. The van der Waals surface area contributed by atoms with E-state index in [1.54, 1.807) is 5.01 Å². The first-order valence-electron chi connectivity index (χ1n) is 3.14. The van der Waals surface area contributed by atoms with Crippen LogP contribution in [0.5, 0.6) is 0 Å². The van der Waals surface area contributed by atoms with Gasteiger partial charge in [0.1, 0.15) is 0 Å². The molecule has 0 rings (SSSR count). The summed E-state index contributed by atoms with van der Waals surface area (Å²) in [4.78, 5) is 0. The van der Waals surface area contributed by atoms with Crippen LogP contribution >= 0.6 is 0 Å². The Hall–Kier alpha value is -0.530. The third-order valence-electron chi connectivity index (χ3n) is 0.676. The van der Waals surface area contributed by atoms with Gasteiger partial charge in [0, 0.05) is 20.3 Å². The van der Waals surface area contributed by atoms with Crippen molar-refractivity contribution in [2.24, 2.45) is 10.5 Å². The van der Waals surface area contributed by atoms with Crippen LogP contribution in [0.15, 0.2) is 5.10 Å². The normalized spacial score (nSPS) is 12.6. The number of hydrogen-bond donors (Lipinski definition) is 0. The summed E-state index contributed by atoms with van der Waals surface area (Å²) in [5, 5.41) is 5.90. The van der Waals surface area contributed by atoms with Crippen LogP contribution in [0.4, 0.5) is 0 Å². The number of nitrogens with zero attached hydrogens (tertiary/aromatic N) is 2. The first-order valence-corrected chi connectivity index (χ1v) is 3.14. The average molecular weight is 128 g/mol. The second kappa shape index (κ2) is 2.85. The molecular formula is C7H16N2. The van der Waals surface area contributed by atoms with Crippen LogP contribution in [-0.4, -0.2) is 25.3 Å². The van der Waals surface area contributed by atoms with E-state index in [4.69, 9.17) is 0 Å². The van der Waals surface area contributed by atoms with E-state index in [1.807, 2.05) is 20.3 Å². The van der Waals surface area contributed by atoms with E-state index in [9.17, 15) is 0 Å². The Kier molecular flexibility index (Phi) is 2.68. The highest BCUT2D eigenvalue weighted by Gasteiger charge is 2.04. The molecule has 54 valence electrons. The molecule has 0 radical (unpaired) electrons. The van der Waals surface area contributed by atoms with Gasteiger partial charge in [-0.1, -0.05) is 20.8 Å². The Morgan fingerprint density at radius 3 is 1.78 bits per heavy atom. The van der Waals surface area contributed by atoms with Crippen molar-refractivity contribution in [3.8, 4) is 0 Å². The molecule has 0 fully saturated rings. The molecule has 0 atom stereocenters. The summed E-state index contributed by atoms with van der Waals surface area (Å²) in [5.74, 6) is 0. The second-order valence-corrected chi connectivity index (χ2v) is 3.46. The lowest BCUT2D eigenvalue weighted by Crippen LogP contribution is -2.11. The van der Waals surface area contributed by atoms with Crippen molar-refractivity contribution in [1.29, 1.82) is 0 Å². The van der Waals surface area contributed by atoms with Gasteiger partial charge in [0.2, 0.25) is 0 Å². The van der Waals surface area contributed by atoms with Gasteiger partial charge in [-0.25, -0.2) is 0 Å². The van der Waals surface area contributed by atoms with Gasteiger partial charge in [0.25, 0.3) is 0 Å². The minimum Gasteiger partial charge on any atom is -0.303 e. The molecule has 9 heavy (non-hydrogen) atoms. The monoisotopic (exact) mass is 128 g/mol. The van der Waals surface area contributed by atoms with Gasteiger partial charge in [-0.05, 0) is 5.41 Å². The summed E-state index contributed by atoms with van der Waals surface area (Å²) in [6.45, 7) is 6.38. The summed E-state index contributed by atoms with van der Waals surface area (Å²) in [7, 11) is 3.84. The van der Waals surface area contributed by atoms with Gasteiger partial charge >= 0.3 is 0 Å². The third kappa shape index (κ3) is 7.47. The quantitative estimate of drug-likeness (QED) is 0.386. The number of hydrazone groups is 1. The Labute approximate surface area is 57.6 Å². The predicted octanol–water partition coefficient (Wildman–Crippen LogP) is 1.58. The van der Waals surface area contributed by atoms with Crippen molar-refractivity contribution in [1.82, 2.24) is 5.01 Å². The highest BCUT2D eigenvalue weighted by molar-refractivity contribution is 5.63. The molecule has 0 saturated carbocycles. The van der Waals surface area contributed by atoms with E-state index in [-0.39, 0.29) is 5.41 Å². The minimum atomic E-state index is 0.199. The van der Waals surface area contributed by atoms with Gasteiger partial charge < -0.3 is 5.01 Å². The molecule has 2 nitrogen and oxygen atoms in total.